The lowest BCUT2D eigenvalue weighted by Gasteiger charge is -2.15. The van der Waals surface area contributed by atoms with E-state index in [-0.39, 0.29) is 5.41 Å². The van der Waals surface area contributed by atoms with Crippen molar-refractivity contribution in [3.63, 3.8) is 0 Å². The fourth-order valence-electron chi connectivity index (χ4n) is 3.13. The Balaban J connectivity index is 2.05. The maximum atomic E-state index is 12.3. The van der Waals surface area contributed by atoms with Gasteiger partial charge in [0.1, 0.15) is 17.2 Å². The normalized spacial score (nSPS) is 11.3. The van der Waals surface area contributed by atoms with Crippen LogP contribution in [0.2, 0.25) is 0 Å². The maximum absolute atomic E-state index is 12.3. The van der Waals surface area contributed by atoms with Gasteiger partial charge in [-0.3, -0.25) is 0 Å². The molecule has 2 heterocycles. The van der Waals surface area contributed by atoms with E-state index in [1.807, 2.05) is 28.9 Å². The van der Waals surface area contributed by atoms with Crippen LogP contribution in [0.15, 0.2) is 48.7 Å². The Bertz CT molecular complexity index is 1000. The Hall–Kier alpha value is -3.15. The topological polar surface area (TPSA) is 69.0 Å². The van der Waals surface area contributed by atoms with Crippen molar-refractivity contribution in [1.29, 1.82) is 0 Å². The third-order valence-electron chi connectivity index (χ3n) is 4.36. The highest BCUT2D eigenvalue weighted by molar-refractivity contribution is 5.95. The number of para-hydroxylation sites is 1. The van der Waals surface area contributed by atoms with Crippen LogP contribution in [0.3, 0.4) is 0 Å². The van der Waals surface area contributed by atoms with Crippen LogP contribution in [0, 0.1) is 12.3 Å². The van der Waals surface area contributed by atoms with Gasteiger partial charge in [0.2, 0.25) is 0 Å². The van der Waals surface area contributed by atoms with Gasteiger partial charge in [-0.2, -0.15) is 5.10 Å². The first-order valence-electron chi connectivity index (χ1n) is 9.82. The summed E-state index contributed by atoms with van der Waals surface area (Å²) in [5.41, 5.74) is 3.54. The average molecular weight is 393 g/mol. The standard InChI is InChI=1S/C23H28N4O2/c1-6-29-22(28)18-11-9-13-24-21(18)25-20-14-17(15-23(3,4)5)26-27(20)19-12-8-7-10-16(19)2/h7-14H,6,15H2,1-5H3,(H,24,25). The highest BCUT2D eigenvalue weighted by Crippen LogP contribution is 2.28. The van der Waals surface area contributed by atoms with E-state index in [0.717, 1.165) is 29.2 Å². The number of nitrogens with zero attached hydrogens (tertiary/aromatic N) is 3. The Morgan fingerprint density at radius 2 is 1.93 bits per heavy atom. The van der Waals surface area contributed by atoms with E-state index in [1.54, 1.807) is 25.3 Å². The van der Waals surface area contributed by atoms with E-state index < -0.39 is 5.97 Å². The molecule has 0 aliphatic carbocycles. The number of ether oxygens (including phenoxy) is 1. The molecule has 0 atom stereocenters. The number of aryl methyl sites for hydroxylation is 1. The van der Waals surface area contributed by atoms with E-state index >= 15 is 0 Å². The first-order valence-corrected chi connectivity index (χ1v) is 9.82. The summed E-state index contributed by atoms with van der Waals surface area (Å²) in [6.45, 7) is 10.7. The number of nitrogens with one attached hydrogen (secondary N) is 1. The van der Waals surface area contributed by atoms with E-state index in [2.05, 4.69) is 44.1 Å². The Morgan fingerprint density at radius 1 is 1.17 bits per heavy atom. The first kappa shape index (κ1) is 20.6. The number of carbonyl (C=O) groups excluding carboxylic acids is 1. The highest BCUT2D eigenvalue weighted by atomic mass is 16.5. The van der Waals surface area contributed by atoms with Crippen LogP contribution in [0.5, 0.6) is 0 Å². The Morgan fingerprint density at radius 3 is 2.62 bits per heavy atom. The number of esters is 1. The maximum Gasteiger partial charge on any atom is 0.341 e. The van der Waals surface area contributed by atoms with Crippen molar-refractivity contribution in [2.75, 3.05) is 11.9 Å². The molecule has 29 heavy (non-hydrogen) atoms. The van der Waals surface area contributed by atoms with Gasteiger partial charge in [0.15, 0.2) is 0 Å². The van der Waals surface area contributed by atoms with Crippen LogP contribution >= 0.6 is 0 Å². The summed E-state index contributed by atoms with van der Waals surface area (Å²) in [4.78, 5) is 16.7. The van der Waals surface area contributed by atoms with Gasteiger partial charge in [-0.1, -0.05) is 39.0 Å². The summed E-state index contributed by atoms with van der Waals surface area (Å²) in [6, 6.07) is 13.5. The molecule has 3 rings (SSSR count). The minimum absolute atomic E-state index is 0.100. The number of anilines is 2. The molecule has 0 fully saturated rings. The van der Waals surface area contributed by atoms with Gasteiger partial charge in [0.05, 0.1) is 18.0 Å². The molecule has 152 valence electrons. The lowest BCUT2D eigenvalue weighted by atomic mass is 9.91. The molecule has 0 unspecified atom stereocenters. The van der Waals surface area contributed by atoms with Crippen molar-refractivity contribution in [2.24, 2.45) is 5.41 Å². The minimum Gasteiger partial charge on any atom is -0.462 e. The number of hydrogen-bond donors (Lipinski definition) is 1. The lowest BCUT2D eigenvalue weighted by Crippen LogP contribution is -2.11. The first-order chi connectivity index (χ1) is 13.8. The Labute approximate surface area is 171 Å². The molecule has 0 saturated carbocycles. The second-order valence-electron chi connectivity index (χ2n) is 8.20. The summed E-state index contributed by atoms with van der Waals surface area (Å²) < 4.78 is 7.05. The monoisotopic (exact) mass is 392 g/mol. The number of benzene rings is 1. The smallest absolute Gasteiger partial charge is 0.341 e. The fraction of sp³-hybridized carbons (Fsp3) is 0.348. The van der Waals surface area contributed by atoms with Crippen molar-refractivity contribution >= 4 is 17.6 Å². The average Bonchev–Trinajstić information content (AvgIpc) is 3.02. The number of pyridine rings is 1. The molecule has 2 aromatic heterocycles. The molecule has 1 N–H and O–H groups in total. The molecular formula is C23H28N4O2. The summed E-state index contributed by atoms with van der Waals surface area (Å²) in [7, 11) is 0. The molecule has 0 radical (unpaired) electrons. The van der Waals surface area contributed by atoms with E-state index in [4.69, 9.17) is 9.84 Å². The van der Waals surface area contributed by atoms with Gasteiger partial charge in [0, 0.05) is 12.3 Å². The second-order valence-corrected chi connectivity index (χ2v) is 8.20. The fourth-order valence-corrected chi connectivity index (χ4v) is 3.13. The molecule has 0 bridgehead atoms. The zero-order valence-electron chi connectivity index (χ0n) is 17.7. The molecule has 0 aliphatic heterocycles. The van der Waals surface area contributed by atoms with E-state index in [1.165, 1.54) is 0 Å². The third-order valence-corrected chi connectivity index (χ3v) is 4.36. The van der Waals surface area contributed by atoms with Gasteiger partial charge < -0.3 is 10.1 Å². The van der Waals surface area contributed by atoms with Gasteiger partial charge in [-0.05, 0) is 49.4 Å². The SMILES string of the molecule is CCOC(=O)c1cccnc1Nc1cc(CC(C)(C)C)nn1-c1ccccc1C. The molecule has 0 saturated heterocycles. The molecule has 1 aromatic carbocycles. The molecular weight excluding hydrogens is 364 g/mol. The van der Waals surface area contributed by atoms with Crippen molar-refractivity contribution in [3.8, 4) is 5.69 Å². The summed E-state index contributed by atoms with van der Waals surface area (Å²) in [5, 5.41) is 8.14. The summed E-state index contributed by atoms with van der Waals surface area (Å²) in [6.07, 6.45) is 2.48. The summed E-state index contributed by atoms with van der Waals surface area (Å²) >= 11 is 0. The second kappa shape index (κ2) is 8.47. The predicted octanol–water partition coefficient (Wildman–Crippen LogP) is 5.08. The number of hydrogen-bond acceptors (Lipinski definition) is 5. The van der Waals surface area contributed by atoms with Crippen molar-refractivity contribution in [3.05, 3.63) is 65.5 Å². The quantitative estimate of drug-likeness (QED) is 0.592. The number of carbonyl (C=O) groups is 1. The lowest BCUT2D eigenvalue weighted by molar-refractivity contribution is 0.0527. The Kier molecular flexibility index (Phi) is 6.01. The molecule has 0 aliphatic rings. The highest BCUT2D eigenvalue weighted by Gasteiger charge is 2.20. The van der Waals surface area contributed by atoms with E-state index in [9.17, 15) is 4.79 Å². The largest absolute Gasteiger partial charge is 0.462 e. The van der Waals surface area contributed by atoms with Crippen molar-refractivity contribution in [1.82, 2.24) is 14.8 Å². The molecule has 6 heteroatoms. The zero-order valence-corrected chi connectivity index (χ0v) is 17.7. The van der Waals surface area contributed by atoms with Gasteiger partial charge >= 0.3 is 5.97 Å². The van der Waals surface area contributed by atoms with Crippen LogP contribution in [-0.2, 0) is 11.2 Å². The predicted molar refractivity (Wildman–Crippen MR) is 115 cm³/mol. The van der Waals surface area contributed by atoms with Crippen molar-refractivity contribution in [2.45, 2.75) is 41.0 Å². The molecule has 3 aromatic rings. The van der Waals surface area contributed by atoms with Gasteiger partial charge in [0.25, 0.3) is 0 Å². The minimum atomic E-state index is -0.403. The zero-order chi connectivity index (χ0) is 21.0. The summed E-state index contributed by atoms with van der Waals surface area (Å²) in [5.74, 6) is 0.797. The molecule has 0 spiro atoms. The van der Waals surface area contributed by atoms with Crippen LogP contribution < -0.4 is 5.32 Å². The molecule has 0 amide bonds. The van der Waals surface area contributed by atoms with Gasteiger partial charge in [-0.15, -0.1) is 0 Å². The van der Waals surface area contributed by atoms with Crippen molar-refractivity contribution < 1.29 is 9.53 Å². The van der Waals surface area contributed by atoms with Crippen LogP contribution in [0.4, 0.5) is 11.6 Å². The number of rotatable bonds is 6. The molecule has 6 nitrogen and oxygen atoms in total. The van der Waals surface area contributed by atoms with E-state index in [0.29, 0.717) is 18.0 Å². The number of aromatic nitrogens is 3. The third kappa shape index (κ3) is 5.02. The van der Waals surface area contributed by atoms with Crippen LogP contribution in [-0.4, -0.2) is 27.3 Å². The van der Waals surface area contributed by atoms with Gasteiger partial charge in [-0.25, -0.2) is 14.5 Å². The van der Waals surface area contributed by atoms with Crippen LogP contribution in [0.1, 0.15) is 49.3 Å². The van der Waals surface area contributed by atoms with Crippen LogP contribution in [0.25, 0.3) is 5.69 Å².